The lowest BCUT2D eigenvalue weighted by Crippen LogP contribution is -2.45. The molecule has 1 atom stereocenters. The van der Waals surface area contributed by atoms with Crippen LogP contribution in [0.25, 0.3) is 6.08 Å². The summed E-state index contributed by atoms with van der Waals surface area (Å²) in [6.45, 7) is 4.12. The number of pyridine rings is 1. The van der Waals surface area contributed by atoms with Crippen LogP contribution in [0, 0.1) is 0 Å². The highest BCUT2D eigenvalue weighted by Gasteiger charge is 2.35. The standard InChI is InChI=1S/C24H30N2O6S/c1-4-6-17-32-23(27)15-14-19-11-7-8-12-20(19)18-21(24(28)31-5-2)26(3)33(29,30)22-13-9-10-16-25-22/h7-16,21H,4-6,17-18H2,1-3H3/b15-14+/t21-/m0/s1. The summed E-state index contributed by atoms with van der Waals surface area (Å²) in [5.74, 6) is -1.13. The lowest BCUT2D eigenvalue weighted by atomic mass is 10.00. The van der Waals surface area contributed by atoms with Crippen molar-refractivity contribution in [3.05, 3.63) is 65.9 Å². The lowest BCUT2D eigenvalue weighted by Gasteiger charge is -2.26. The Hall–Kier alpha value is -3.04. The van der Waals surface area contributed by atoms with Crippen molar-refractivity contribution >= 4 is 28.0 Å². The third-order valence-corrected chi connectivity index (χ3v) is 6.67. The Kier molecular flexibility index (Phi) is 10.2. The van der Waals surface area contributed by atoms with E-state index in [-0.39, 0.29) is 18.1 Å². The molecule has 0 unspecified atom stereocenters. The molecule has 0 saturated carbocycles. The minimum absolute atomic E-state index is 0.0484. The number of esters is 2. The number of likely N-dealkylation sites (N-methyl/N-ethyl adjacent to an activating group) is 1. The SMILES string of the molecule is CCCCOC(=O)/C=C/c1ccccc1C[C@@H](C(=O)OCC)N(C)S(=O)(=O)c1ccccn1. The number of benzene rings is 1. The molecule has 0 fully saturated rings. The van der Waals surface area contributed by atoms with Gasteiger partial charge >= 0.3 is 11.9 Å². The topological polar surface area (TPSA) is 103 Å². The first-order valence-electron chi connectivity index (χ1n) is 10.8. The summed E-state index contributed by atoms with van der Waals surface area (Å²) in [6, 6.07) is 10.5. The smallest absolute Gasteiger partial charge is 0.330 e. The van der Waals surface area contributed by atoms with E-state index in [1.54, 1.807) is 49.4 Å². The Morgan fingerprint density at radius 3 is 2.48 bits per heavy atom. The second-order valence-electron chi connectivity index (χ2n) is 7.21. The molecule has 0 spiro atoms. The van der Waals surface area contributed by atoms with Gasteiger partial charge in [0.05, 0.1) is 13.2 Å². The van der Waals surface area contributed by atoms with Crippen molar-refractivity contribution in [2.24, 2.45) is 0 Å². The number of hydrogen-bond donors (Lipinski definition) is 0. The summed E-state index contributed by atoms with van der Waals surface area (Å²) in [5, 5.41) is -0.162. The molecular weight excluding hydrogens is 444 g/mol. The van der Waals surface area contributed by atoms with Gasteiger partial charge in [0, 0.05) is 25.7 Å². The Balaban J connectivity index is 2.31. The molecule has 9 heteroatoms. The van der Waals surface area contributed by atoms with E-state index in [0.29, 0.717) is 17.7 Å². The molecule has 2 aromatic rings. The van der Waals surface area contributed by atoms with E-state index in [9.17, 15) is 18.0 Å². The van der Waals surface area contributed by atoms with Crippen LogP contribution >= 0.6 is 0 Å². The van der Waals surface area contributed by atoms with Crippen LogP contribution < -0.4 is 0 Å². The van der Waals surface area contributed by atoms with Gasteiger partial charge in [0.1, 0.15) is 6.04 Å². The molecular formula is C24H30N2O6S. The quantitative estimate of drug-likeness (QED) is 0.264. The van der Waals surface area contributed by atoms with Crippen LogP contribution in [0.1, 0.15) is 37.8 Å². The molecule has 178 valence electrons. The molecule has 1 heterocycles. The number of carbonyl (C=O) groups is 2. The van der Waals surface area contributed by atoms with Gasteiger partial charge in [0.15, 0.2) is 5.03 Å². The van der Waals surface area contributed by atoms with Gasteiger partial charge in [0.25, 0.3) is 10.0 Å². The van der Waals surface area contributed by atoms with Gasteiger partial charge < -0.3 is 9.47 Å². The fourth-order valence-electron chi connectivity index (χ4n) is 3.03. The Morgan fingerprint density at radius 2 is 1.82 bits per heavy atom. The van der Waals surface area contributed by atoms with Crippen molar-refractivity contribution in [3.8, 4) is 0 Å². The van der Waals surface area contributed by atoms with Gasteiger partial charge in [-0.3, -0.25) is 4.79 Å². The van der Waals surface area contributed by atoms with Gasteiger partial charge in [0.2, 0.25) is 0 Å². The average molecular weight is 475 g/mol. The maximum Gasteiger partial charge on any atom is 0.330 e. The zero-order chi connectivity index (χ0) is 24.3. The third kappa shape index (κ3) is 7.50. The van der Waals surface area contributed by atoms with Crippen molar-refractivity contribution in [1.29, 1.82) is 0 Å². The normalized spacial score (nSPS) is 12.6. The summed E-state index contributed by atoms with van der Waals surface area (Å²) < 4.78 is 37.4. The van der Waals surface area contributed by atoms with Gasteiger partial charge in [-0.15, -0.1) is 0 Å². The Bertz CT molecular complexity index is 1050. The third-order valence-electron chi connectivity index (χ3n) is 4.89. The number of sulfonamides is 1. The van der Waals surface area contributed by atoms with E-state index < -0.39 is 28.0 Å². The van der Waals surface area contributed by atoms with Crippen molar-refractivity contribution in [2.45, 2.75) is 44.2 Å². The van der Waals surface area contributed by atoms with Crippen LogP contribution in [-0.2, 0) is 35.5 Å². The average Bonchev–Trinajstić information content (AvgIpc) is 2.82. The fraction of sp³-hybridized carbons (Fsp3) is 0.375. The molecule has 0 aliphatic carbocycles. The van der Waals surface area contributed by atoms with Crippen LogP contribution in [0.2, 0.25) is 0 Å². The number of nitrogens with zero attached hydrogens (tertiary/aromatic N) is 2. The summed E-state index contributed by atoms with van der Waals surface area (Å²) in [4.78, 5) is 28.6. The molecule has 8 nitrogen and oxygen atoms in total. The minimum atomic E-state index is -4.04. The van der Waals surface area contributed by atoms with E-state index in [4.69, 9.17) is 9.47 Å². The zero-order valence-electron chi connectivity index (χ0n) is 19.1. The van der Waals surface area contributed by atoms with Crippen molar-refractivity contribution < 1.29 is 27.5 Å². The lowest BCUT2D eigenvalue weighted by molar-refractivity contribution is -0.147. The summed E-state index contributed by atoms with van der Waals surface area (Å²) in [5.41, 5.74) is 1.35. The molecule has 0 amide bonds. The predicted molar refractivity (Wildman–Crippen MR) is 125 cm³/mol. The first kappa shape index (κ1) is 26.2. The predicted octanol–water partition coefficient (Wildman–Crippen LogP) is 3.23. The van der Waals surface area contributed by atoms with Crippen LogP contribution in [0.15, 0.2) is 59.8 Å². The Morgan fingerprint density at radius 1 is 1.09 bits per heavy atom. The first-order chi connectivity index (χ1) is 15.8. The Labute approximate surface area is 195 Å². The number of rotatable bonds is 12. The molecule has 0 saturated heterocycles. The van der Waals surface area contributed by atoms with Crippen molar-refractivity contribution in [1.82, 2.24) is 9.29 Å². The van der Waals surface area contributed by atoms with E-state index in [1.165, 1.54) is 25.4 Å². The molecule has 33 heavy (non-hydrogen) atoms. The summed E-state index contributed by atoms with van der Waals surface area (Å²) >= 11 is 0. The van der Waals surface area contributed by atoms with Gasteiger partial charge in [-0.25, -0.2) is 18.2 Å². The fourth-order valence-corrected chi connectivity index (χ4v) is 4.26. The molecule has 0 N–H and O–H groups in total. The van der Waals surface area contributed by atoms with E-state index in [0.717, 1.165) is 17.1 Å². The van der Waals surface area contributed by atoms with Crippen LogP contribution in [0.3, 0.4) is 0 Å². The molecule has 0 bridgehead atoms. The summed E-state index contributed by atoms with van der Waals surface area (Å²) in [6.07, 6.45) is 6.05. The largest absolute Gasteiger partial charge is 0.465 e. The second-order valence-corrected chi connectivity index (χ2v) is 9.16. The van der Waals surface area contributed by atoms with E-state index in [1.807, 2.05) is 6.92 Å². The molecule has 0 aliphatic rings. The molecule has 1 aromatic heterocycles. The van der Waals surface area contributed by atoms with Crippen LogP contribution in [0.4, 0.5) is 0 Å². The maximum atomic E-state index is 13.1. The van der Waals surface area contributed by atoms with E-state index >= 15 is 0 Å². The summed E-state index contributed by atoms with van der Waals surface area (Å²) in [7, 11) is -2.72. The number of unbranched alkanes of at least 4 members (excludes halogenated alkanes) is 1. The van der Waals surface area contributed by atoms with Crippen molar-refractivity contribution in [3.63, 3.8) is 0 Å². The monoisotopic (exact) mass is 474 g/mol. The zero-order valence-corrected chi connectivity index (χ0v) is 20.0. The van der Waals surface area contributed by atoms with Gasteiger partial charge in [-0.1, -0.05) is 43.7 Å². The van der Waals surface area contributed by atoms with Crippen LogP contribution in [0.5, 0.6) is 0 Å². The van der Waals surface area contributed by atoms with E-state index in [2.05, 4.69) is 4.98 Å². The number of ether oxygens (including phenoxy) is 2. The highest BCUT2D eigenvalue weighted by atomic mass is 32.2. The highest BCUT2D eigenvalue weighted by Crippen LogP contribution is 2.21. The van der Waals surface area contributed by atoms with Crippen LogP contribution in [-0.4, -0.2) is 55.9 Å². The van der Waals surface area contributed by atoms with Gasteiger partial charge in [-0.2, -0.15) is 4.31 Å². The van der Waals surface area contributed by atoms with Crippen molar-refractivity contribution in [2.75, 3.05) is 20.3 Å². The molecule has 0 radical (unpaired) electrons. The second kappa shape index (κ2) is 12.9. The first-order valence-corrected chi connectivity index (χ1v) is 12.2. The molecule has 1 aromatic carbocycles. The number of carbonyl (C=O) groups excluding carboxylic acids is 2. The molecule has 0 aliphatic heterocycles. The maximum absolute atomic E-state index is 13.1. The number of aromatic nitrogens is 1. The van der Waals surface area contributed by atoms with Gasteiger partial charge in [-0.05, 0) is 42.7 Å². The minimum Gasteiger partial charge on any atom is -0.465 e. The molecule has 2 rings (SSSR count). The number of hydrogen-bond acceptors (Lipinski definition) is 7. The highest BCUT2D eigenvalue weighted by molar-refractivity contribution is 7.89.